The molecule has 0 radical (unpaired) electrons. The summed E-state index contributed by atoms with van der Waals surface area (Å²) in [6.45, 7) is 10.8. The van der Waals surface area contributed by atoms with Gasteiger partial charge < -0.3 is 19.5 Å². The number of halogens is 6. The van der Waals surface area contributed by atoms with Gasteiger partial charge in [-0.25, -0.2) is 9.59 Å². The van der Waals surface area contributed by atoms with Crippen molar-refractivity contribution in [2.75, 3.05) is 32.8 Å². The molecule has 0 saturated carbocycles. The van der Waals surface area contributed by atoms with Crippen molar-refractivity contribution in [2.24, 2.45) is 5.92 Å². The molecule has 212 valence electrons. The number of hydrogen-bond donors (Lipinski definition) is 2. The maximum Gasteiger partial charge on any atom is 0.490 e. The molecular weight excluding hydrogens is 516 g/mol. The molecule has 4 heterocycles. The van der Waals surface area contributed by atoms with E-state index in [-0.39, 0.29) is 0 Å². The van der Waals surface area contributed by atoms with Gasteiger partial charge >= 0.3 is 24.3 Å². The Morgan fingerprint density at radius 3 is 1.78 bits per heavy atom. The van der Waals surface area contributed by atoms with E-state index < -0.39 is 24.3 Å². The first-order valence-electron chi connectivity index (χ1n) is 11.7. The highest BCUT2D eigenvalue weighted by atomic mass is 19.4. The van der Waals surface area contributed by atoms with E-state index in [9.17, 15) is 26.3 Å². The normalized spacial score (nSPS) is 23.0. The van der Waals surface area contributed by atoms with Crippen molar-refractivity contribution in [1.29, 1.82) is 0 Å². The summed E-state index contributed by atoms with van der Waals surface area (Å²) in [6.07, 6.45) is -5.04. The van der Waals surface area contributed by atoms with Crippen LogP contribution >= 0.6 is 0 Å². The van der Waals surface area contributed by atoms with E-state index in [2.05, 4.69) is 21.9 Å². The predicted molar refractivity (Wildman–Crippen MR) is 116 cm³/mol. The fourth-order valence-corrected chi connectivity index (χ4v) is 4.78. The van der Waals surface area contributed by atoms with Crippen LogP contribution in [0.1, 0.15) is 42.7 Å². The van der Waals surface area contributed by atoms with Gasteiger partial charge in [-0.3, -0.25) is 9.80 Å². The molecule has 3 aliphatic heterocycles. The number of carbonyl (C=O) groups is 2. The second-order valence-electron chi connectivity index (χ2n) is 9.14. The van der Waals surface area contributed by atoms with Crippen LogP contribution in [0, 0.1) is 19.8 Å². The van der Waals surface area contributed by atoms with Gasteiger partial charge in [0, 0.05) is 57.0 Å². The summed E-state index contributed by atoms with van der Waals surface area (Å²) in [6, 6.07) is 1.49. The molecule has 9 nitrogen and oxygen atoms in total. The van der Waals surface area contributed by atoms with Gasteiger partial charge in [0.15, 0.2) is 0 Å². The Balaban J connectivity index is 0.000000286. The zero-order chi connectivity index (χ0) is 28.0. The Bertz CT molecular complexity index is 857. The molecule has 4 rings (SSSR count). The van der Waals surface area contributed by atoms with E-state index in [1.807, 2.05) is 6.92 Å². The number of aliphatic carboxylic acids is 2. The van der Waals surface area contributed by atoms with E-state index in [1.54, 1.807) is 0 Å². The van der Waals surface area contributed by atoms with Crippen molar-refractivity contribution in [2.45, 2.75) is 70.5 Å². The Hall–Kier alpha value is -2.39. The zero-order valence-corrected chi connectivity index (χ0v) is 20.4. The highest BCUT2D eigenvalue weighted by Gasteiger charge is 2.43. The minimum atomic E-state index is -5.08. The van der Waals surface area contributed by atoms with Gasteiger partial charge in [-0.1, -0.05) is 5.16 Å². The van der Waals surface area contributed by atoms with Crippen LogP contribution in [-0.4, -0.2) is 94.4 Å². The first kappa shape index (κ1) is 30.8. The average molecular weight is 547 g/mol. The third-order valence-corrected chi connectivity index (χ3v) is 6.67. The lowest BCUT2D eigenvalue weighted by atomic mass is 9.99. The van der Waals surface area contributed by atoms with Gasteiger partial charge in [0.1, 0.15) is 5.76 Å². The van der Waals surface area contributed by atoms with E-state index in [1.165, 1.54) is 50.9 Å². The number of hydrogen-bond acceptors (Lipinski definition) is 7. The number of carboxylic acids is 2. The average Bonchev–Trinajstić information content (AvgIpc) is 3.47. The van der Waals surface area contributed by atoms with Crippen molar-refractivity contribution in [1.82, 2.24) is 15.0 Å². The quantitative estimate of drug-likeness (QED) is 0.545. The summed E-state index contributed by atoms with van der Waals surface area (Å²) in [4.78, 5) is 23.2. The Kier molecular flexibility index (Phi) is 10.8. The molecule has 0 bridgehead atoms. The highest BCUT2D eigenvalue weighted by molar-refractivity contribution is 5.73. The molecule has 0 aliphatic carbocycles. The molecule has 15 heteroatoms. The lowest BCUT2D eigenvalue weighted by molar-refractivity contribution is -0.193. The largest absolute Gasteiger partial charge is 0.490 e. The lowest BCUT2D eigenvalue weighted by Crippen LogP contribution is -2.39. The van der Waals surface area contributed by atoms with E-state index in [0.717, 1.165) is 49.2 Å². The van der Waals surface area contributed by atoms with Crippen LogP contribution in [0.3, 0.4) is 0 Å². The van der Waals surface area contributed by atoms with Crippen molar-refractivity contribution in [3.8, 4) is 0 Å². The highest BCUT2D eigenvalue weighted by Crippen LogP contribution is 2.34. The fraction of sp³-hybridized carbons (Fsp3) is 0.773. The summed E-state index contributed by atoms with van der Waals surface area (Å²) in [5, 5.41) is 18.4. The topological polar surface area (TPSA) is 116 Å². The van der Waals surface area contributed by atoms with Crippen LogP contribution < -0.4 is 0 Å². The minimum Gasteiger partial charge on any atom is -0.475 e. The van der Waals surface area contributed by atoms with Crippen molar-refractivity contribution in [3.05, 3.63) is 17.0 Å². The molecule has 3 aliphatic rings. The minimum absolute atomic E-state index is 0.726. The molecule has 0 spiro atoms. The summed E-state index contributed by atoms with van der Waals surface area (Å²) in [7, 11) is 0. The molecule has 2 N–H and O–H groups in total. The number of rotatable bonds is 4. The predicted octanol–water partition coefficient (Wildman–Crippen LogP) is 3.63. The fourth-order valence-electron chi connectivity index (χ4n) is 4.78. The van der Waals surface area contributed by atoms with E-state index >= 15 is 0 Å². The van der Waals surface area contributed by atoms with Crippen LogP contribution in [0.15, 0.2) is 4.52 Å². The Labute approximate surface area is 209 Å². The van der Waals surface area contributed by atoms with Gasteiger partial charge in [-0.15, -0.1) is 0 Å². The van der Waals surface area contributed by atoms with Crippen LogP contribution in [-0.2, 0) is 20.9 Å². The molecule has 2 atom stereocenters. The summed E-state index contributed by atoms with van der Waals surface area (Å²) < 4.78 is 74.3. The molecule has 0 aromatic carbocycles. The summed E-state index contributed by atoms with van der Waals surface area (Å²) in [5.74, 6) is -3.68. The zero-order valence-electron chi connectivity index (χ0n) is 20.4. The molecule has 2 unspecified atom stereocenters. The van der Waals surface area contributed by atoms with E-state index in [0.29, 0.717) is 0 Å². The van der Waals surface area contributed by atoms with Crippen molar-refractivity contribution >= 4 is 11.9 Å². The van der Waals surface area contributed by atoms with Gasteiger partial charge in [0.25, 0.3) is 0 Å². The van der Waals surface area contributed by atoms with Gasteiger partial charge in [-0.05, 0) is 45.4 Å². The molecule has 0 amide bonds. The molecule has 3 saturated heterocycles. The Morgan fingerprint density at radius 2 is 1.35 bits per heavy atom. The maximum atomic E-state index is 10.6. The van der Waals surface area contributed by atoms with Crippen molar-refractivity contribution in [3.63, 3.8) is 0 Å². The maximum absolute atomic E-state index is 10.6. The van der Waals surface area contributed by atoms with Gasteiger partial charge in [-0.2, -0.15) is 26.3 Å². The summed E-state index contributed by atoms with van der Waals surface area (Å²) >= 11 is 0. The van der Waals surface area contributed by atoms with Gasteiger partial charge in [0.2, 0.25) is 0 Å². The van der Waals surface area contributed by atoms with Gasteiger partial charge in [0.05, 0.1) is 5.69 Å². The summed E-state index contributed by atoms with van der Waals surface area (Å²) in [5.41, 5.74) is 2.36. The van der Waals surface area contributed by atoms with Crippen molar-refractivity contribution < 1.29 is 55.4 Å². The standard InChI is InChI=1S/C18H29N3O2.2C2HF3O2/c1-13-16(14(2)23-19-13)12-21-8-4-17-18(21)3-7-20(17)11-15-5-9-22-10-6-15;2*3-2(4,5)1(6)7/h15,17-18H,3-12H2,1-2H3;2*(H,6,7). The smallest absolute Gasteiger partial charge is 0.475 e. The molecule has 37 heavy (non-hydrogen) atoms. The number of alkyl halides is 6. The second kappa shape index (κ2) is 12.9. The lowest BCUT2D eigenvalue weighted by Gasteiger charge is -2.30. The molecule has 3 fully saturated rings. The first-order valence-corrected chi connectivity index (χ1v) is 11.7. The first-order chi connectivity index (χ1) is 17.1. The number of nitrogens with zero attached hydrogens (tertiary/aromatic N) is 3. The molecule has 1 aromatic heterocycles. The van der Waals surface area contributed by atoms with E-state index in [4.69, 9.17) is 29.1 Å². The number of likely N-dealkylation sites (tertiary alicyclic amines) is 2. The third-order valence-electron chi connectivity index (χ3n) is 6.67. The van der Waals surface area contributed by atoms with Crippen LogP contribution in [0.4, 0.5) is 26.3 Å². The SMILES string of the molecule is Cc1noc(C)c1CN1CCC2C1CCN2CC1CCOCC1.O=C(O)C(F)(F)F.O=C(O)C(F)(F)F. The van der Waals surface area contributed by atoms with Crippen LogP contribution in [0.25, 0.3) is 0 Å². The third kappa shape index (κ3) is 9.14. The number of fused-ring (bicyclic) bond motifs is 1. The number of ether oxygens (including phenoxy) is 1. The Morgan fingerprint density at radius 1 is 0.892 bits per heavy atom. The number of carboxylic acid groups (broad SMARTS) is 2. The molecular formula is C22H31F6N3O6. The number of aromatic nitrogens is 1. The number of aryl methyl sites for hydroxylation is 2. The second-order valence-corrected chi connectivity index (χ2v) is 9.14. The van der Waals surface area contributed by atoms with Crippen LogP contribution in [0.2, 0.25) is 0 Å². The monoisotopic (exact) mass is 547 g/mol. The molecule has 1 aromatic rings. The van der Waals surface area contributed by atoms with Crippen LogP contribution in [0.5, 0.6) is 0 Å².